The van der Waals surface area contributed by atoms with Crippen LogP contribution in [-0.2, 0) is 14.2 Å². The third-order valence-corrected chi connectivity index (χ3v) is 3.51. The maximum absolute atomic E-state index is 11.0. The number of methoxy groups -OCH3 is 1. The first-order valence-corrected chi connectivity index (χ1v) is 8.59. The average Bonchev–Trinajstić information content (AvgIpc) is 2.49. The molecule has 126 valence electrons. The molecule has 0 saturated carbocycles. The van der Waals surface area contributed by atoms with Gasteiger partial charge in [-0.05, 0) is 6.42 Å². The van der Waals surface area contributed by atoms with Gasteiger partial charge >= 0.3 is 6.16 Å². The van der Waals surface area contributed by atoms with Crippen molar-refractivity contribution in [3.63, 3.8) is 0 Å². The number of ether oxygens (including phenoxy) is 3. The van der Waals surface area contributed by atoms with Crippen molar-refractivity contribution < 1.29 is 19.0 Å². The summed E-state index contributed by atoms with van der Waals surface area (Å²) in [5.41, 5.74) is 0. The lowest BCUT2D eigenvalue weighted by Crippen LogP contribution is -2.10. The Labute approximate surface area is 130 Å². The molecule has 0 aromatic rings. The van der Waals surface area contributed by atoms with Crippen LogP contribution in [0.2, 0.25) is 0 Å². The summed E-state index contributed by atoms with van der Waals surface area (Å²) in [5.74, 6) is 0. The zero-order chi connectivity index (χ0) is 15.6. The lowest BCUT2D eigenvalue weighted by atomic mass is 10.1. The Morgan fingerprint density at radius 3 is 1.67 bits per heavy atom. The molecule has 0 aromatic heterocycles. The second-order valence-electron chi connectivity index (χ2n) is 5.54. The SMILES string of the molecule is CCCCCCCCCCCCCCOC(=O)OCOC. The van der Waals surface area contributed by atoms with Crippen LogP contribution in [0.3, 0.4) is 0 Å². The summed E-state index contributed by atoms with van der Waals surface area (Å²) >= 11 is 0. The van der Waals surface area contributed by atoms with E-state index in [1.54, 1.807) is 0 Å². The zero-order valence-corrected chi connectivity index (χ0v) is 14.0. The predicted molar refractivity (Wildman–Crippen MR) is 85.4 cm³/mol. The minimum Gasteiger partial charge on any atom is -0.434 e. The summed E-state index contributed by atoms with van der Waals surface area (Å²) < 4.78 is 14.1. The van der Waals surface area contributed by atoms with Gasteiger partial charge in [0.05, 0.1) is 6.61 Å². The molecule has 4 heteroatoms. The number of hydrogen-bond acceptors (Lipinski definition) is 4. The second kappa shape index (κ2) is 17.3. The highest BCUT2D eigenvalue weighted by atomic mass is 16.8. The van der Waals surface area contributed by atoms with E-state index in [1.807, 2.05) is 0 Å². The monoisotopic (exact) mass is 302 g/mol. The van der Waals surface area contributed by atoms with Crippen molar-refractivity contribution in [1.29, 1.82) is 0 Å². The van der Waals surface area contributed by atoms with Gasteiger partial charge in [0.25, 0.3) is 0 Å². The Morgan fingerprint density at radius 1 is 0.714 bits per heavy atom. The lowest BCUT2D eigenvalue weighted by molar-refractivity contribution is -0.0264. The lowest BCUT2D eigenvalue weighted by Gasteiger charge is -2.05. The van der Waals surface area contributed by atoms with E-state index < -0.39 is 6.16 Å². The molecule has 0 amide bonds. The molecule has 0 saturated heterocycles. The van der Waals surface area contributed by atoms with E-state index in [0.29, 0.717) is 6.61 Å². The molecule has 0 aliphatic carbocycles. The molecule has 0 heterocycles. The van der Waals surface area contributed by atoms with E-state index in [-0.39, 0.29) is 6.79 Å². The van der Waals surface area contributed by atoms with Crippen LogP contribution in [0.4, 0.5) is 4.79 Å². The van der Waals surface area contributed by atoms with Crippen molar-refractivity contribution in [2.75, 3.05) is 20.5 Å². The van der Waals surface area contributed by atoms with E-state index in [0.717, 1.165) is 12.8 Å². The van der Waals surface area contributed by atoms with Gasteiger partial charge < -0.3 is 14.2 Å². The summed E-state index contributed by atoms with van der Waals surface area (Å²) in [4.78, 5) is 11.0. The fourth-order valence-corrected chi connectivity index (χ4v) is 2.25. The normalized spacial score (nSPS) is 10.6. The van der Waals surface area contributed by atoms with Gasteiger partial charge in [-0.3, -0.25) is 0 Å². The van der Waals surface area contributed by atoms with Gasteiger partial charge in [-0.1, -0.05) is 77.6 Å². The van der Waals surface area contributed by atoms with E-state index in [4.69, 9.17) is 4.74 Å². The first kappa shape index (κ1) is 20.2. The number of unbranched alkanes of at least 4 members (excludes halogenated alkanes) is 11. The Bertz CT molecular complexity index is 219. The first-order valence-electron chi connectivity index (χ1n) is 8.59. The third kappa shape index (κ3) is 17.2. The molecule has 0 aromatic carbocycles. The molecule has 0 aliphatic heterocycles. The highest BCUT2D eigenvalue weighted by Crippen LogP contribution is 2.11. The van der Waals surface area contributed by atoms with E-state index in [1.165, 1.54) is 71.3 Å². The fourth-order valence-electron chi connectivity index (χ4n) is 2.25. The molecule has 0 aliphatic rings. The minimum absolute atomic E-state index is 0.0444. The molecule has 21 heavy (non-hydrogen) atoms. The minimum atomic E-state index is -0.639. The van der Waals surface area contributed by atoms with Crippen LogP contribution in [0.1, 0.15) is 84.0 Å². The van der Waals surface area contributed by atoms with Crippen molar-refractivity contribution in [2.45, 2.75) is 84.0 Å². The summed E-state index contributed by atoms with van der Waals surface area (Å²) in [6, 6.07) is 0. The Hall–Kier alpha value is -0.770. The van der Waals surface area contributed by atoms with Crippen LogP contribution >= 0.6 is 0 Å². The molecule has 0 unspecified atom stereocenters. The van der Waals surface area contributed by atoms with Crippen LogP contribution in [0.5, 0.6) is 0 Å². The van der Waals surface area contributed by atoms with Gasteiger partial charge in [0.15, 0.2) is 6.79 Å². The van der Waals surface area contributed by atoms with Gasteiger partial charge in [-0.15, -0.1) is 0 Å². The molecule has 0 atom stereocenters. The van der Waals surface area contributed by atoms with Crippen molar-refractivity contribution in [3.05, 3.63) is 0 Å². The molecule has 0 bridgehead atoms. The summed E-state index contributed by atoms with van der Waals surface area (Å²) in [6.07, 6.45) is 14.9. The summed E-state index contributed by atoms with van der Waals surface area (Å²) in [7, 11) is 1.47. The maximum Gasteiger partial charge on any atom is 0.510 e. The highest BCUT2D eigenvalue weighted by Gasteiger charge is 2.01. The number of rotatable bonds is 15. The van der Waals surface area contributed by atoms with Crippen molar-refractivity contribution >= 4 is 6.16 Å². The molecule has 0 rings (SSSR count). The fraction of sp³-hybridized carbons (Fsp3) is 0.941. The Morgan fingerprint density at radius 2 is 1.19 bits per heavy atom. The molecule has 0 radical (unpaired) electrons. The van der Waals surface area contributed by atoms with Crippen molar-refractivity contribution in [2.24, 2.45) is 0 Å². The summed E-state index contributed by atoms with van der Waals surface area (Å²) in [6.45, 7) is 2.66. The zero-order valence-electron chi connectivity index (χ0n) is 14.0. The van der Waals surface area contributed by atoms with E-state index in [9.17, 15) is 4.79 Å². The maximum atomic E-state index is 11.0. The van der Waals surface area contributed by atoms with Gasteiger partial charge in [0.1, 0.15) is 0 Å². The summed E-state index contributed by atoms with van der Waals surface area (Å²) in [5, 5.41) is 0. The van der Waals surface area contributed by atoms with Gasteiger partial charge in [-0.2, -0.15) is 0 Å². The van der Waals surface area contributed by atoms with Crippen LogP contribution < -0.4 is 0 Å². The largest absolute Gasteiger partial charge is 0.510 e. The number of carbonyl (C=O) groups is 1. The average molecular weight is 302 g/mol. The van der Waals surface area contributed by atoms with Gasteiger partial charge in [0.2, 0.25) is 0 Å². The molecular weight excluding hydrogens is 268 g/mol. The second-order valence-corrected chi connectivity index (χ2v) is 5.54. The molecule has 0 N–H and O–H groups in total. The predicted octanol–water partition coefficient (Wildman–Crippen LogP) is 5.44. The molecule has 0 fully saturated rings. The van der Waals surface area contributed by atoms with Crippen LogP contribution in [0.15, 0.2) is 0 Å². The Kier molecular flexibility index (Phi) is 16.6. The highest BCUT2D eigenvalue weighted by molar-refractivity contribution is 5.59. The van der Waals surface area contributed by atoms with Gasteiger partial charge in [0, 0.05) is 7.11 Å². The first-order chi connectivity index (χ1) is 10.3. The van der Waals surface area contributed by atoms with E-state index in [2.05, 4.69) is 16.4 Å². The van der Waals surface area contributed by atoms with Crippen molar-refractivity contribution in [1.82, 2.24) is 0 Å². The van der Waals surface area contributed by atoms with Crippen LogP contribution in [0.25, 0.3) is 0 Å². The van der Waals surface area contributed by atoms with Crippen LogP contribution in [-0.4, -0.2) is 26.7 Å². The molecule has 4 nitrogen and oxygen atoms in total. The smallest absolute Gasteiger partial charge is 0.434 e. The standard InChI is InChI=1S/C17H34O4/c1-3-4-5-6-7-8-9-10-11-12-13-14-15-20-17(18)21-16-19-2/h3-16H2,1-2H3. The number of hydrogen-bond donors (Lipinski definition) is 0. The number of carbonyl (C=O) groups excluding carboxylic acids is 1. The Balaban J connectivity index is 3.04. The van der Waals surface area contributed by atoms with E-state index >= 15 is 0 Å². The third-order valence-electron chi connectivity index (χ3n) is 3.51. The molecule has 0 spiro atoms. The van der Waals surface area contributed by atoms with Crippen molar-refractivity contribution in [3.8, 4) is 0 Å². The topological polar surface area (TPSA) is 44.8 Å². The quantitative estimate of drug-likeness (QED) is 0.229. The molecular formula is C17H34O4. The van der Waals surface area contributed by atoms with Gasteiger partial charge in [-0.25, -0.2) is 4.79 Å². The van der Waals surface area contributed by atoms with Crippen LogP contribution in [0, 0.1) is 0 Å².